The fourth-order valence-electron chi connectivity index (χ4n) is 5.14. The van der Waals surface area contributed by atoms with E-state index >= 15 is 0 Å². The lowest BCUT2D eigenvalue weighted by atomic mass is 9.97. The summed E-state index contributed by atoms with van der Waals surface area (Å²) in [6, 6.07) is 16.1. The average Bonchev–Trinajstić information content (AvgIpc) is 2.98. The number of anilines is 2. The van der Waals surface area contributed by atoms with E-state index in [2.05, 4.69) is 22.6 Å². The molecule has 2 amide bonds. The first-order valence-corrected chi connectivity index (χ1v) is 15.6. The Morgan fingerprint density at radius 1 is 1.00 bits per heavy atom. The van der Waals surface area contributed by atoms with Crippen LogP contribution < -0.4 is 10.6 Å². The largest absolute Gasteiger partial charge is 0.460 e. The second-order valence-corrected chi connectivity index (χ2v) is 13.4. The molecule has 2 unspecified atom stereocenters. The molecule has 0 saturated carbocycles. The monoisotopic (exact) mass is 721 g/mol. The minimum Gasteiger partial charge on any atom is -0.460 e. The number of carbonyl (C=O) groups is 3. The zero-order valence-electron chi connectivity index (χ0n) is 24.0. The summed E-state index contributed by atoms with van der Waals surface area (Å²) in [5.41, 5.74) is 8.48. The van der Waals surface area contributed by atoms with Gasteiger partial charge in [0.2, 0.25) is 0 Å². The van der Waals surface area contributed by atoms with Crippen molar-refractivity contribution in [1.82, 2.24) is 4.90 Å². The first-order valence-electron chi connectivity index (χ1n) is 13.7. The topological polar surface area (TPSA) is 92.9 Å². The Balaban J connectivity index is 1.76. The third-order valence-electron chi connectivity index (χ3n) is 7.03. The van der Waals surface area contributed by atoms with E-state index in [1.54, 1.807) is 58.3 Å². The molecule has 1 aliphatic rings. The molecule has 0 bridgehead atoms. The Morgan fingerprint density at radius 3 is 2.31 bits per heavy atom. The van der Waals surface area contributed by atoms with Crippen LogP contribution in [0.4, 0.5) is 11.4 Å². The molecule has 2 N–H and O–H groups in total. The average molecular weight is 722 g/mol. The number of carbonyl (C=O) groups excluding carboxylic acids is 3. The zero-order valence-corrected chi connectivity index (χ0v) is 27.7. The molecule has 2 atom stereocenters. The lowest BCUT2D eigenvalue weighted by molar-refractivity contribution is -0.154. The van der Waals surface area contributed by atoms with E-state index in [0.717, 1.165) is 3.57 Å². The lowest BCUT2D eigenvalue weighted by Gasteiger charge is -2.36. The van der Waals surface area contributed by atoms with Crippen LogP contribution >= 0.6 is 45.8 Å². The number of unbranched alkanes of at least 4 members (excludes halogenated alkanes) is 1. The number of amides is 2. The molecule has 0 aromatic heterocycles. The molecule has 0 radical (unpaired) electrons. The number of benzene rings is 3. The van der Waals surface area contributed by atoms with Gasteiger partial charge in [-0.15, -0.1) is 0 Å². The van der Waals surface area contributed by atoms with Crippen molar-refractivity contribution in [2.75, 3.05) is 17.2 Å². The fourth-order valence-corrected chi connectivity index (χ4v) is 5.94. The molecule has 3 aromatic carbocycles. The SMILES string of the molecule is CC(c1ccc(Cl)cc1N)N1C(=O)c2cc(I)ccc2N(CCCCC(=O)OC(C)(C)C)C(=O)C1c1ccc(Cl)cc1. The van der Waals surface area contributed by atoms with Gasteiger partial charge >= 0.3 is 5.97 Å². The third-order valence-corrected chi connectivity index (χ3v) is 8.19. The van der Waals surface area contributed by atoms with Crippen LogP contribution in [0.1, 0.15) is 80.5 Å². The second kappa shape index (κ2) is 13.2. The van der Waals surface area contributed by atoms with Gasteiger partial charge < -0.3 is 20.3 Å². The number of hydrogen-bond donors (Lipinski definition) is 1. The van der Waals surface area contributed by atoms with E-state index < -0.39 is 17.7 Å². The summed E-state index contributed by atoms with van der Waals surface area (Å²) < 4.78 is 6.30. The molecule has 1 aliphatic heterocycles. The van der Waals surface area contributed by atoms with Gasteiger partial charge in [0.1, 0.15) is 11.6 Å². The van der Waals surface area contributed by atoms with Crippen molar-refractivity contribution in [3.63, 3.8) is 0 Å². The first-order chi connectivity index (χ1) is 19.8. The summed E-state index contributed by atoms with van der Waals surface area (Å²) in [6.45, 7) is 7.67. The highest BCUT2D eigenvalue weighted by atomic mass is 127. The van der Waals surface area contributed by atoms with E-state index in [-0.39, 0.29) is 24.2 Å². The van der Waals surface area contributed by atoms with Gasteiger partial charge in [-0.05, 0) is 117 Å². The van der Waals surface area contributed by atoms with Gasteiger partial charge in [0.05, 0.1) is 17.3 Å². The second-order valence-electron chi connectivity index (χ2n) is 11.3. The van der Waals surface area contributed by atoms with Crippen molar-refractivity contribution in [2.45, 2.75) is 64.6 Å². The maximum Gasteiger partial charge on any atom is 0.306 e. The molecule has 7 nitrogen and oxygen atoms in total. The highest BCUT2D eigenvalue weighted by molar-refractivity contribution is 14.1. The Labute approximate surface area is 270 Å². The van der Waals surface area contributed by atoms with Crippen LogP contribution in [0.2, 0.25) is 10.0 Å². The van der Waals surface area contributed by atoms with Crippen molar-refractivity contribution < 1.29 is 19.1 Å². The minimum atomic E-state index is -0.962. The molecule has 4 rings (SSSR count). The van der Waals surface area contributed by atoms with Crippen LogP contribution in [-0.2, 0) is 14.3 Å². The molecule has 222 valence electrons. The summed E-state index contributed by atoms with van der Waals surface area (Å²) in [5.74, 6) is -0.841. The number of nitrogens with two attached hydrogens (primary N) is 1. The van der Waals surface area contributed by atoms with Gasteiger partial charge in [-0.1, -0.05) is 41.4 Å². The molecule has 0 saturated heterocycles. The normalized spacial score (nSPS) is 16.2. The lowest BCUT2D eigenvalue weighted by Crippen LogP contribution is -2.44. The highest BCUT2D eigenvalue weighted by Crippen LogP contribution is 2.41. The number of fused-ring (bicyclic) bond motifs is 1. The molecule has 0 aliphatic carbocycles. The molecule has 42 heavy (non-hydrogen) atoms. The summed E-state index contributed by atoms with van der Waals surface area (Å²) >= 11 is 14.5. The predicted molar refractivity (Wildman–Crippen MR) is 176 cm³/mol. The number of rotatable bonds is 8. The first kappa shape index (κ1) is 32.1. The Morgan fingerprint density at radius 2 is 1.67 bits per heavy atom. The van der Waals surface area contributed by atoms with Gasteiger partial charge in [0.15, 0.2) is 0 Å². The molecular formula is C32H34Cl2IN3O4. The Bertz CT molecular complexity index is 1490. The molecule has 0 fully saturated rings. The van der Waals surface area contributed by atoms with Crippen molar-refractivity contribution in [3.05, 3.63) is 91.0 Å². The molecule has 0 spiro atoms. The number of halogens is 3. The smallest absolute Gasteiger partial charge is 0.306 e. The Kier molecular flexibility index (Phi) is 10.1. The predicted octanol–water partition coefficient (Wildman–Crippen LogP) is 7.98. The zero-order chi connectivity index (χ0) is 30.8. The van der Waals surface area contributed by atoms with Crippen LogP contribution in [0, 0.1) is 3.57 Å². The van der Waals surface area contributed by atoms with E-state index in [1.807, 2.05) is 39.8 Å². The maximum atomic E-state index is 14.6. The van der Waals surface area contributed by atoms with E-state index in [9.17, 15) is 14.4 Å². The molecule has 1 heterocycles. The van der Waals surface area contributed by atoms with E-state index in [4.69, 9.17) is 33.7 Å². The van der Waals surface area contributed by atoms with Crippen LogP contribution in [0.5, 0.6) is 0 Å². The van der Waals surface area contributed by atoms with Crippen LogP contribution in [0.25, 0.3) is 0 Å². The summed E-state index contributed by atoms with van der Waals surface area (Å²) in [6.07, 6.45) is 1.30. The van der Waals surface area contributed by atoms with Crippen LogP contribution in [-0.4, -0.2) is 34.8 Å². The van der Waals surface area contributed by atoms with Crippen molar-refractivity contribution in [3.8, 4) is 0 Å². The van der Waals surface area contributed by atoms with E-state index in [1.165, 1.54) is 0 Å². The standard InChI is InChI=1S/C32H34Cl2IN3O4/c1-19(24-14-12-22(34)17-26(24)36)38-29(20-8-10-21(33)11-9-20)31(41)37(16-6-5-7-28(39)42-32(2,3)4)27-15-13-23(35)18-25(27)30(38)40/h8-15,17-19,29H,5-7,16,36H2,1-4H3. The highest BCUT2D eigenvalue weighted by Gasteiger charge is 2.43. The summed E-state index contributed by atoms with van der Waals surface area (Å²) in [5, 5.41) is 0.998. The van der Waals surface area contributed by atoms with Crippen molar-refractivity contribution in [1.29, 1.82) is 0 Å². The van der Waals surface area contributed by atoms with Gasteiger partial charge in [-0.3, -0.25) is 14.4 Å². The third kappa shape index (κ3) is 7.38. The number of esters is 1. The minimum absolute atomic E-state index is 0.234. The fraction of sp³-hybridized carbons (Fsp3) is 0.344. The Hall–Kier alpha value is -2.82. The summed E-state index contributed by atoms with van der Waals surface area (Å²) in [4.78, 5) is 44.6. The van der Waals surface area contributed by atoms with Gasteiger partial charge in [0, 0.05) is 32.3 Å². The number of hydrogen-bond acceptors (Lipinski definition) is 5. The van der Waals surface area contributed by atoms with Gasteiger partial charge in [-0.2, -0.15) is 0 Å². The summed E-state index contributed by atoms with van der Waals surface area (Å²) in [7, 11) is 0. The van der Waals surface area contributed by atoms with Gasteiger partial charge in [-0.25, -0.2) is 0 Å². The molecule has 3 aromatic rings. The number of nitrogen functional groups attached to an aromatic ring is 1. The quantitative estimate of drug-likeness (QED) is 0.110. The molecule has 10 heteroatoms. The van der Waals surface area contributed by atoms with Crippen molar-refractivity contribution >= 4 is 75.0 Å². The number of ether oxygens (including phenoxy) is 1. The van der Waals surface area contributed by atoms with E-state index in [0.29, 0.717) is 57.5 Å². The van der Waals surface area contributed by atoms with Gasteiger partial charge in [0.25, 0.3) is 11.8 Å². The van der Waals surface area contributed by atoms with Crippen LogP contribution in [0.15, 0.2) is 60.7 Å². The maximum absolute atomic E-state index is 14.6. The number of nitrogens with zero attached hydrogens (tertiary/aromatic N) is 2. The molecular weight excluding hydrogens is 688 g/mol. The van der Waals surface area contributed by atoms with Crippen LogP contribution in [0.3, 0.4) is 0 Å². The van der Waals surface area contributed by atoms with Crippen molar-refractivity contribution in [2.24, 2.45) is 0 Å².